The van der Waals surface area contributed by atoms with Gasteiger partial charge in [0, 0.05) is 0 Å². The van der Waals surface area contributed by atoms with Crippen molar-refractivity contribution in [1.29, 1.82) is 0 Å². The zero-order valence-electron chi connectivity index (χ0n) is 13.8. The Hall–Kier alpha value is -2.42. The van der Waals surface area contributed by atoms with E-state index in [0.29, 0.717) is 0 Å². The third-order valence-electron chi connectivity index (χ3n) is 3.53. The molecule has 2 aromatic rings. The Kier molecular flexibility index (Phi) is 5.78. The normalized spacial score (nSPS) is 11.2. The number of hydrogen-bond acceptors (Lipinski definition) is 7. The highest BCUT2D eigenvalue weighted by molar-refractivity contribution is 7.90. The van der Waals surface area contributed by atoms with Crippen molar-refractivity contribution in [2.45, 2.75) is 24.5 Å². The molecule has 0 saturated carbocycles. The third-order valence-corrected chi connectivity index (χ3v) is 5.21. The van der Waals surface area contributed by atoms with Crippen LogP contribution in [0.25, 0.3) is 0 Å². The van der Waals surface area contributed by atoms with Gasteiger partial charge >= 0.3 is 5.97 Å². The average Bonchev–Trinajstić information content (AvgIpc) is 2.55. The van der Waals surface area contributed by atoms with E-state index in [1.807, 2.05) is 6.92 Å². The number of carbonyl (C=O) groups excluding carboxylic acids is 1. The Balaban J connectivity index is 2.38. The Labute approximate surface area is 145 Å². The molecule has 0 fully saturated rings. The molecule has 25 heavy (non-hydrogen) atoms. The van der Waals surface area contributed by atoms with Crippen molar-refractivity contribution < 1.29 is 23.2 Å². The van der Waals surface area contributed by atoms with Crippen LogP contribution < -0.4 is 5.23 Å². The Morgan fingerprint density at radius 3 is 2.40 bits per heavy atom. The van der Waals surface area contributed by atoms with E-state index in [0.717, 1.165) is 11.6 Å². The molecule has 0 spiro atoms. The van der Waals surface area contributed by atoms with Crippen LogP contribution in [-0.4, -0.2) is 26.2 Å². The van der Waals surface area contributed by atoms with Gasteiger partial charge in [-0.15, -0.1) is 0 Å². The van der Waals surface area contributed by atoms with Crippen LogP contribution in [0, 0.1) is 12.1 Å². The zero-order valence-corrected chi connectivity index (χ0v) is 14.6. The molecule has 0 aromatic heterocycles. The lowest BCUT2D eigenvalue weighted by Gasteiger charge is -2.25. The molecule has 0 saturated heterocycles. The SMILES string of the molecule is CCOC(=O)c1ccc(CS(=O)(=O)c2ccc(C)cc2)c(N([O-])O)c1. The van der Waals surface area contributed by atoms with Crippen LogP contribution in [0.3, 0.4) is 0 Å². The lowest BCUT2D eigenvalue weighted by atomic mass is 10.1. The molecule has 1 N–H and O–H groups in total. The standard InChI is InChI=1S/C17H18NO6S/c1-3-24-17(19)13-6-7-14(16(10-13)18(20)21)11-25(22,23)15-8-4-12(2)5-9-15/h4-10,20H,3,11H2,1-2H3/q-1. The zero-order chi connectivity index (χ0) is 18.6. The van der Waals surface area contributed by atoms with Gasteiger partial charge in [-0.25, -0.2) is 13.2 Å². The predicted molar refractivity (Wildman–Crippen MR) is 92.1 cm³/mol. The van der Waals surface area contributed by atoms with E-state index in [-0.39, 0.29) is 28.3 Å². The molecule has 0 radical (unpaired) electrons. The minimum absolute atomic E-state index is 0.0447. The lowest BCUT2D eigenvalue weighted by molar-refractivity contribution is 0.0526. The monoisotopic (exact) mass is 364 g/mol. The summed E-state index contributed by atoms with van der Waals surface area (Å²) >= 11 is 0. The number of aryl methyl sites for hydroxylation is 1. The summed E-state index contributed by atoms with van der Waals surface area (Å²) in [5.41, 5.74) is 0.718. The topological polar surface area (TPSA) is 107 Å². The summed E-state index contributed by atoms with van der Waals surface area (Å²) in [5, 5.41) is 20.2. The Morgan fingerprint density at radius 1 is 1.20 bits per heavy atom. The molecule has 2 aromatic carbocycles. The second kappa shape index (κ2) is 7.64. The third kappa shape index (κ3) is 4.56. The first-order valence-corrected chi connectivity index (χ1v) is 9.15. The highest BCUT2D eigenvalue weighted by atomic mass is 32.2. The van der Waals surface area contributed by atoms with Crippen molar-refractivity contribution in [1.82, 2.24) is 0 Å². The molecule has 0 aliphatic heterocycles. The maximum absolute atomic E-state index is 12.5. The fourth-order valence-electron chi connectivity index (χ4n) is 2.24. The molecular weight excluding hydrogens is 346 g/mol. The van der Waals surface area contributed by atoms with Gasteiger partial charge in [0.1, 0.15) is 0 Å². The molecule has 7 nitrogen and oxygen atoms in total. The molecule has 0 heterocycles. The minimum Gasteiger partial charge on any atom is -0.733 e. The van der Waals surface area contributed by atoms with Gasteiger partial charge in [-0.3, -0.25) is 5.21 Å². The summed E-state index contributed by atoms with van der Waals surface area (Å²) in [6, 6.07) is 10.1. The molecule has 8 heteroatoms. The van der Waals surface area contributed by atoms with Gasteiger partial charge < -0.3 is 15.2 Å². The van der Waals surface area contributed by atoms with Gasteiger partial charge in [-0.1, -0.05) is 23.8 Å². The number of anilines is 1. The summed E-state index contributed by atoms with van der Waals surface area (Å²) in [6.45, 7) is 3.62. The summed E-state index contributed by atoms with van der Waals surface area (Å²) in [6.07, 6.45) is 0. The van der Waals surface area contributed by atoms with Crippen molar-refractivity contribution in [2.24, 2.45) is 0 Å². The van der Waals surface area contributed by atoms with E-state index in [9.17, 15) is 23.6 Å². The minimum atomic E-state index is -3.72. The number of ether oxygens (including phenoxy) is 1. The van der Waals surface area contributed by atoms with Gasteiger partial charge in [0.15, 0.2) is 9.84 Å². The van der Waals surface area contributed by atoms with E-state index >= 15 is 0 Å². The lowest BCUT2D eigenvalue weighted by Crippen LogP contribution is -2.15. The first kappa shape index (κ1) is 18.9. The maximum Gasteiger partial charge on any atom is 0.338 e. The van der Waals surface area contributed by atoms with E-state index in [2.05, 4.69) is 0 Å². The van der Waals surface area contributed by atoms with Crippen molar-refractivity contribution in [3.05, 3.63) is 64.4 Å². The van der Waals surface area contributed by atoms with Gasteiger partial charge in [0.2, 0.25) is 0 Å². The molecule has 0 unspecified atom stereocenters. The molecule has 2 rings (SSSR count). The van der Waals surface area contributed by atoms with Crippen molar-refractivity contribution in [3.63, 3.8) is 0 Å². The first-order valence-electron chi connectivity index (χ1n) is 7.50. The highest BCUT2D eigenvalue weighted by Crippen LogP contribution is 2.26. The van der Waals surface area contributed by atoms with Crippen molar-refractivity contribution in [3.8, 4) is 0 Å². The van der Waals surface area contributed by atoms with Crippen LogP contribution in [0.15, 0.2) is 47.4 Å². The number of nitrogens with zero attached hydrogens (tertiary/aromatic N) is 1. The molecular formula is C17H18NO6S-. The quantitative estimate of drug-likeness (QED) is 0.620. The van der Waals surface area contributed by atoms with E-state index in [1.165, 1.54) is 24.3 Å². The van der Waals surface area contributed by atoms with Crippen LogP contribution in [0.4, 0.5) is 5.69 Å². The predicted octanol–water partition coefficient (Wildman–Crippen LogP) is 2.84. The molecule has 0 aliphatic carbocycles. The van der Waals surface area contributed by atoms with Crippen LogP contribution in [0.2, 0.25) is 0 Å². The van der Waals surface area contributed by atoms with Crippen molar-refractivity contribution >= 4 is 21.5 Å². The van der Waals surface area contributed by atoms with Gasteiger partial charge in [0.25, 0.3) is 0 Å². The number of benzene rings is 2. The van der Waals surface area contributed by atoms with Crippen LogP contribution in [-0.2, 0) is 20.3 Å². The maximum atomic E-state index is 12.5. The summed E-state index contributed by atoms with van der Waals surface area (Å²) in [7, 11) is -3.72. The van der Waals surface area contributed by atoms with Gasteiger partial charge in [-0.2, -0.15) is 0 Å². The number of carbonyl (C=O) groups is 1. The Morgan fingerprint density at radius 2 is 1.84 bits per heavy atom. The average molecular weight is 364 g/mol. The highest BCUT2D eigenvalue weighted by Gasteiger charge is 2.19. The summed E-state index contributed by atoms with van der Waals surface area (Å²) in [4.78, 5) is 11.8. The van der Waals surface area contributed by atoms with Gasteiger partial charge in [0.05, 0.1) is 28.5 Å². The molecule has 0 aliphatic rings. The number of esters is 1. The smallest absolute Gasteiger partial charge is 0.338 e. The molecule has 0 amide bonds. The summed E-state index contributed by atoms with van der Waals surface area (Å²) < 4.78 is 29.9. The largest absolute Gasteiger partial charge is 0.733 e. The van der Waals surface area contributed by atoms with E-state index < -0.39 is 26.8 Å². The second-order valence-electron chi connectivity index (χ2n) is 5.41. The van der Waals surface area contributed by atoms with Crippen molar-refractivity contribution in [2.75, 3.05) is 11.8 Å². The van der Waals surface area contributed by atoms with Crippen LogP contribution in [0.5, 0.6) is 0 Å². The first-order chi connectivity index (χ1) is 11.7. The number of hydrogen-bond donors (Lipinski definition) is 1. The van der Waals surface area contributed by atoms with Crippen LogP contribution >= 0.6 is 0 Å². The fraction of sp³-hybridized carbons (Fsp3) is 0.235. The molecule has 0 bridgehead atoms. The number of rotatable bonds is 6. The summed E-state index contributed by atoms with van der Waals surface area (Å²) in [5.74, 6) is -1.16. The van der Waals surface area contributed by atoms with Gasteiger partial charge in [-0.05, 0) is 43.7 Å². The fourth-order valence-corrected chi connectivity index (χ4v) is 3.61. The molecule has 0 atom stereocenters. The Bertz CT molecular complexity index is 859. The molecule has 134 valence electrons. The van der Waals surface area contributed by atoms with E-state index in [4.69, 9.17) is 4.74 Å². The second-order valence-corrected chi connectivity index (χ2v) is 7.40. The van der Waals surface area contributed by atoms with E-state index in [1.54, 1.807) is 19.1 Å². The number of sulfone groups is 1. The van der Waals surface area contributed by atoms with Crippen LogP contribution in [0.1, 0.15) is 28.4 Å².